The number of nitrogens with one attached hydrogen (secondary N) is 1. The molecule has 0 unspecified atom stereocenters. The van der Waals surface area contributed by atoms with Gasteiger partial charge in [0.15, 0.2) is 0 Å². The predicted octanol–water partition coefficient (Wildman–Crippen LogP) is 3.93. The van der Waals surface area contributed by atoms with Crippen LogP contribution in [0.2, 0.25) is 0 Å². The number of amides is 2. The fraction of sp³-hybridized carbons (Fsp3) is 0.400. The Hall–Kier alpha value is -1.93. The van der Waals surface area contributed by atoms with Crippen LogP contribution in [0.1, 0.15) is 28.8 Å². The highest BCUT2D eigenvalue weighted by Gasteiger charge is 2.28. The van der Waals surface area contributed by atoms with E-state index in [1.54, 1.807) is 23.1 Å². The molecule has 28 heavy (non-hydrogen) atoms. The highest BCUT2D eigenvalue weighted by atomic mass is 32.2. The molecule has 1 N–H and O–H groups in total. The maximum Gasteiger partial charge on any atom is 0.256 e. The molecule has 8 heteroatoms. The molecule has 0 radical (unpaired) electrons. The van der Waals surface area contributed by atoms with E-state index in [0.717, 1.165) is 17.6 Å². The van der Waals surface area contributed by atoms with Crippen LogP contribution in [-0.2, 0) is 10.5 Å². The number of thioether (sulfide) groups is 1. The summed E-state index contributed by atoms with van der Waals surface area (Å²) in [4.78, 5) is 26.2. The Bertz CT molecular complexity index is 807. The standard InChI is InChI=1S/C20H22F2N2O2S2/c21-16-1-2-17(18(22)11-16)20(26)24-7-3-15(4-8-24)19(25)23-6-10-28-13-14-5-9-27-12-14/h1-2,5,9,11-12,15H,3-4,6-8,10,13H2,(H,23,25). The minimum absolute atomic E-state index is 0.0104. The van der Waals surface area contributed by atoms with Crippen LogP contribution in [0.25, 0.3) is 0 Å². The summed E-state index contributed by atoms with van der Waals surface area (Å²) in [6, 6.07) is 5.05. The van der Waals surface area contributed by atoms with Crippen LogP contribution in [0, 0.1) is 17.6 Å². The zero-order chi connectivity index (χ0) is 19.9. The number of nitrogens with zero attached hydrogens (tertiary/aromatic N) is 1. The second-order valence-electron chi connectivity index (χ2n) is 6.67. The van der Waals surface area contributed by atoms with Crippen LogP contribution < -0.4 is 5.32 Å². The van der Waals surface area contributed by atoms with Gasteiger partial charge in [0.05, 0.1) is 5.56 Å². The Labute approximate surface area is 171 Å². The molecule has 2 amide bonds. The van der Waals surface area contributed by atoms with Gasteiger partial charge in [-0.1, -0.05) is 0 Å². The largest absolute Gasteiger partial charge is 0.355 e. The number of thiophene rings is 1. The van der Waals surface area contributed by atoms with Crippen LogP contribution in [0.15, 0.2) is 35.0 Å². The Balaban J connectivity index is 1.38. The SMILES string of the molecule is O=C(NCCSCc1ccsc1)C1CCN(C(=O)c2ccc(F)cc2F)CC1. The summed E-state index contributed by atoms with van der Waals surface area (Å²) >= 11 is 3.46. The van der Waals surface area contributed by atoms with Crippen LogP contribution in [0.3, 0.4) is 0 Å². The maximum atomic E-state index is 13.8. The molecule has 0 atom stereocenters. The number of rotatable bonds is 7. The van der Waals surface area contributed by atoms with Crippen LogP contribution in [-0.4, -0.2) is 42.1 Å². The first-order valence-electron chi connectivity index (χ1n) is 9.15. The first-order chi connectivity index (χ1) is 13.5. The van der Waals surface area contributed by atoms with Crippen LogP contribution >= 0.6 is 23.1 Å². The summed E-state index contributed by atoms with van der Waals surface area (Å²) in [5, 5.41) is 7.14. The lowest BCUT2D eigenvalue weighted by molar-refractivity contribution is -0.126. The van der Waals surface area contributed by atoms with Gasteiger partial charge < -0.3 is 10.2 Å². The lowest BCUT2D eigenvalue weighted by Gasteiger charge is -2.31. The topological polar surface area (TPSA) is 49.4 Å². The van der Waals surface area contributed by atoms with Crippen molar-refractivity contribution < 1.29 is 18.4 Å². The van der Waals surface area contributed by atoms with Gasteiger partial charge >= 0.3 is 0 Å². The predicted molar refractivity (Wildman–Crippen MR) is 108 cm³/mol. The van der Waals surface area contributed by atoms with Crippen molar-refractivity contribution in [1.29, 1.82) is 0 Å². The molecule has 0 bridgehead atoms. The third kappa shape index (κ3) is 5.54. The highest BCUT2D eigenvalue weighted by molar-refractivity contribution is 7.98. The fourth-order valence-corrected chi connectivity index (χ4v) is 4.71. The van der Waals surface area contributed by atoms with Crippen LogP contribution in [0.5, 0.6) is 0 Å². The monoisotopic (exact) mass is 424 g/mol. The molecular weight excluding hydrogens is 402 g/mol. The number of carbonyl (C=O) groups excluding carboxylic acids is 2. The second kappa shape index (κ2) is 10.0. The van der Waals surface area contributed by atoms with E-state index in [1.807, 2.05) is 0 Å². The van der Waals surface area contributed by atoms with Crippen molar-refractivity contribution in [2.45, 2.75) is 18.6 Å². The summed E-state index contributed by atoms with van der Waals surface area (Å²) in [6.45, 7) is 1.40. The van der Waals surface area contributed by atoms with Gasteiger partial charge in [-0.3, -0.25) is 9.59 Å². The third-order valence-electron chi connectivity index (χ3n) is 4.71. The van der Waals surface area contributed by atoms with Crippen molar-refractivity contribution in [3.8, 4) is 0 Å². The van der Waals surface area contributed by atoms with E-state index < -0.39 is 17.5 Å². The van der Waals surface area contributed by atoms with Gasteiger partial charge in [0.2, 0.25) is 5.91 Å². The normalized spacial score (nSPS) is 14.9. The van der Waals surface area contributed by atoms with E-state index in [2.05, 4.69) is 22.1 Å². The molecule has 1 aliphatic heterocycles. The number of hydrogen-bond donors (Lipinski definition) is 1. The number of likely N-dealkylation sites (tertiary alicyclic amines) is 1. The van der Waals surface area contributed by atoms with Gasteiger partial charge in [0.1, 0.15) is 11.6 Å². The Kier molecular flexibility index (Phi) is 7.44. The van der Waals surface area contributed by atoms with Gasteiger partial charge in [0, 0.05) is 43.1 Å². The quantitative estimate of drug-likeness (QED) is 0.686. The Morgan fingerprint density at radius 1 is 1.21 bits per heavy atom. The first kappa shape index (κ1) is 20.8. The zero-order valence-electron chi connectivity index (χ0n) is 15.3. The van der Waals surface area contributed by atoms with Crippen LogP contribution in [0.4, 0.5) is 8.78 Å². The molecule has 0 saturated carbocycles. The van der Waals surface area contributed by atoms with Crippen molar-refractivity contribution >= 4 is 34.9 Å². The number of carbonyl (C=O) groups is 2. The molecule has 0 spiro atoms. The Morgan fingerprint density at radius 2 is 2.00 bits per heavy atom. The molecule has 2 aromatic rings. The second-order valence-corrected chi connectivity index (χ2v) is 8.55. The molecule has 3 rings (SSSR count). The van der Waals surface area contributed by atoms with E-state index in [0.29, 0.717) is 38.5 Å². The van der Waals surface area contributed by atoms with Gasteiger partial charge in [0.25, 0.3) is 5.91 Å². The van der Waals surface area contributed by atoms with Gasteiger partial charge in [-0.25, -0.2) is 8.78 Å². The lowest BCUT2D eigenvalue weighted by atomic mass is 9.95. The summed E-state index contributed by atoms with van der Waals surface area (Å²) in [6.07, 6.45) is 1.09. The fourth-order valence-electron chi connectivity index (χ4n) is 3.13. The molecule has 1 aliphatic rings. The highest BCUT2D eigenvalue weighted by Crippen LogP contribution is 2.21. The average molecular weight is 425 g/mol. The molecule has 1 aromatic heterocycles. The number of hydrogen-bond acceptors (Lipinski definition) is 4. The molecule has 150 valence electrons. The van der Waals surface area contributed by atoms with Gasteiger partial charge in [-0.05, 0) is 47.4 Å². The smallest absolute Gasteiger partial charge is 0.256 e. The number of benzene rings is 1. The summed E-state index contributed by atoms with van der Waals surface area (Å²) < 4.78 is 26.8. The molecule has 0 aliphatic carbocycles. The molecule has 2 heterocycles. The van der Waals surface area contributed by atoms with Crippen molar-refractivity contribution in [2.24, 2.45) is 5.92 Å². The molecule has 1 aromatic carbocycles. The van der Waals surface area contributed by atoms with Crippen molar-refractivity contribution in [3.63, 3.8) is 0 Å². The number of piperidine rings is 1. The van der Waals surface area contributed by atoms with E-state index in [9.17, 15) is 18.4 Å². The van der Waals surface area contributed by atoms with Crippen molar-refractivity contribution in [2.75, 3.05) is 25.4 Å². The molecule has 1 saturated heterocycles. The summed E-state index contributed by atoms with van der Waals surface area (Å²) in [5.41, 5.74) is 1.17. The van der Waals surface area contributed by atoms with Gasteiger partial charge in [-0.15, -0.1) is 0 Å². The van der Waals surface area contributed by atoms with Gasteiger partial charge in [-0.2, -0.15) is 23.1 Å². The van der Waals surface area contributed by atoms with Crippen molar-refractivity contribution in [3.05, 3.63) is 57.8 Å². The van der Waals surface area contributed by atoms with E-state index in [1.165, 1.54) is 16.5 Å². The molecule has 4 nitrogen and oxygen atoms in total. The summed E-state index contributed by atoms with van der Waals surface area (Å²) in [7, 11) is 0. The number of halogens is 2. The average Bonchev–Trinajstić information content (AvgIpc) is 3.21. The zero-order valence-corrected chi connectivity index (χ0v) is 17.0. The lowest BCUT2D eigenvalue weighted by Crippen LogP contribution is -2.43. The van der Waals surface area contributed by atoms with E-state index >= 15 is 0 Å². The minimum Gasteiger partial charge on any atom is -0.355 e. The Morgan fingerprint density at radius 3 is 2.68 bits per heavy atom. The van der Waals surface area contributed by atoms with Crippen molar-refractivity contribution in [1.82, 2.24) is 10.2 Å². The van der Waals surface area contributed by atoms with E-state index in [4.69, 9.17) is 0 Å². The molecule has 1 fully saturated rings. The summed E-state index contributed by atoms with van der Waals surface area (Å²) in [5.74, 6) is -0.355. The minimum atomic E-state index is -0.857. The maximum absolute atomic E-state index is 13.8. The van der Waals surface area contributed by atoms with E-state index in [-0.39, 0.29) is 17.4 Å². The third-order valence-corrected chi connectivity index (χ3v) is 6.47. The first-order valence-corrected chi connectivity index (χ1v) is 11.2. The molecular formula is C20H22F2N2O2S2.